The number of hydrogen-bond donors (Lipinski definition) is 1. The van der Waals surface area contributed by atoms with Crippen molar-refractivity contribution in [2.24, 2.45) is 16.0 Å². The van der Waals surface area contributed by atoms with Gasteiger partial charge < -0.3 is 14.7 Å². The van der Waals surface area contributed by atoms with E-state index in [2.05, 4.69) is 5.16 Å². The molecule has 0 aromatic rings. The Kier molecular flexibility index (Phi) is 3.29. The first-order chi connectivity index (χ1) is 10.2. The zero-order valence-corrected chi connectivity index (χ0v) is 12.8. The fourth-order valence-electron chi connectivity index (χ4n) is 4.08. The molecule has 0 aromatic carbocycles. The lowest BCUT2D eigenvalue weighted by atomic mass is 9.52. The van der Waals surface area contributed by atoms with Gasteiger partial charge in [0, 0.05) is 12.3 Å². The molecule has 4 rings (SSSR count). The number of hydrogen-bond acceptors (Lipinski definition) is 5. The standard InChI is InChI=1S/C15H21F2NO4/c1-12(16,17)15(20)9-10(18-22-15)13-3-6-14(7-4-13,8-5-13)11(19)21-2/h20H,3-9H2,1-2H3. The van der Waals surface area contributed by atoms with E-state index in [1.165, 1.54) is 7.11 Å². The minimum absolute atomic E-state index is 0.179. The van der Waals surface area contributed by atoms with Crippen LogP contribution in [0.15, 0.2) is 5.16 Å². The lowest BCUT2D eigenvalue weighted by molar-refractivity contribution is -0.298. The fraction of sp³-hybridized carbons (Fsp3) is 0.867. The molecule has 1 heterocycles. The zero-order valence-electron chi connectivity index (χ0n) is 12.8. The van der Waals surface area contributed by atoms with E-state index < -0.39 is 17.1 Å². The minimum atomic E-state index is -3.38. The number of halogens is 2. The highest BCUT2D eigenvalue weighted by molar-refractivity contribution is 5.92. The van der Waals surface area contributed by atoms with Crippen molar-refractivity contribution in [3.8, 4) is 0 Å². The molecule has 124 valence electrons. The quantitative estimate of drug-likeness (QED) is 0.813. The van der Waals surface area contributed by atoms with Crippen LogP contribution in [0.2, 0.25) is 0 Å². The Morgan fingerprint density at radius 3 is 2.23 bits per heavy atom. The first-order valence-corrected chi connectivity index (χ1v) is 7.61. The monoisotopic (exact) mass is 317 g/mol. The zero-order chi connectivity index (χ0) is 16.2. The summed E-state index contributed by atoms with van der Waals surface area (Å²) in [5.74, 6) is -6.11. The van der Waals surface area contributed by atoms with Gasteiger partial charge in [-0.2, -0.15) is 8.78 Å². The SMILES string of the molecule is COC(=O)C12CCC(C3=NOC(O)(C(C)(F)F)C3)(CC1)CC2. The number of carbonyl (C=O) groups excluding carboxylic acids is 1. The van der Waals surface area contributed by atoms with Crippen molar-refractivity contribution in [3.63, 3.8) is 0 Å². The summed E-state index contributed by atoms with van der Waals surface area (Å²) in [6.07, 6.45) is 3.79. The van der Waals surface area contributed by atoms with Gasteiger partial charge in [-0.05, 0) is 38.5 Å². The van der Waals surface area contributed by atoms with E-state index in [9.17, 15) is 18.7 Å². The van der Waals surface area contributed by atoms with Crippen molar-refractivity contribution in [3.05, 3.63) is 0 Å². The Balaban J connectivity index is 1.76. The summed E-state index contributed by atoms with van der Waals surface area (Å²) < 4.78 is 31.9. The molecule has 0 spiro atoms. The van der Waals surface area contributed by atoms with Crippen molar-refractivity contribution in [2.75, 3.05) is 7.11 Å². The predicted molar refractivity (Wildman–Crippen MR) is 73.3 cm³/mol. The van der Waals surface area contributed by atoms with Crippen molar-refractivity contribution in [1.82, 2.24) is 0 Å². The van der Waals surface area contributed by atoms with E-state index in [1.807, 2.05) is 0 Å². The van der Waals surface area contributed by atoms with E-state index in [-0.39, 0.29) is 17.8 Å². The maximum atomic E-state index is 13.5. The topological polar surface area (TPSA) is 68.1 Å². The Bertz CT molecular complexity index is 504. The van der Waals surface area contributed by atoms with Crippen LogP contribution in [-0.2, 0) is 14.4 Å². The van der Waals surface area contributed by atoms with Crippen LogP contribution in [-0.4, -0.2) is 35.6 Å². The molecule has 4 aliphatic rings. The molecule has 7 heteroatoms. The van der Waals surface area contributed by atoms with Crippen LogP contribution in [0.3, 0.4) is 0 Å². The highest BCUT2D eigenvalue weighted by Crippen LogP contribution is 2.59. The first-order valence-electron chi connectivity index (χ1n) is 7.61. The van der Waals surface area contributed by atoms with Gasteiger partial charge in [-0.25, -0.2) is 0 Å². The highest BCUT2D eigenvalue weighted by atomic mass is 19.3. The molecule has 0 radical (unpaired) electrons. The third-order valence-electron chi connectivity index (χ3n) is 5.88. The van der Waals surface area contributed by atoms with Crippen LogP contribution >= 0.6 is 0 Å². The summed E-state index contributed by atoms with van der Waals surface area (Å²) in [5, 5.41) is 13.8. The number of rotatable bonds is 3. The second kappa shape index (κ2) is 4.63. The van der Waals surface area contributed by atoms with Gasteiger partial charge in [0.25, 0.3) is 0 Å². The van der Waals surface area contributed by atoms with Gasteiger partial charge in [0.1, 0.15) is 0 Å². The number of aliphatic hydroxyl groups is 1. The van der Waals surface area contributed by atoms with E-state index in [4.69, 9.17) is 9.57 Å². The van der Waals surface area contributed by atoms with Crippen LogP contribution in [0.5, 0.6) is 0 Å². The molecule has 0 amide bonds. The largest absolute Gasteiger partial charge is 0.469 e. The fourth-order valence-corrected chi connectivity index (χ4v) is 4.08. The van der Waals surface area contributed by atoms with Crippen LogP contribution in [0, 0.1) is 10.8 Å². The normalized spacial score (nSPS) is 41.0. The van der Waals surface area contributed by atoms with Gasteiger partial charge in [-0.1, -0.05) is 5.16 Å². The Labute approximate surface area is 127 Å². The number of fused-ring (bicyclic) bond motifs is 3. The van der Waals surface area contributed by atoms with Crippen molar-refractivity contribution in [2.45, 2.75) is 63.6 Å². The van der Waals surface area contributed by atoms with Gasteiger partial charge in [0.05, 0.1) is 24.7 Å². The summed E-state index contributed by atoms with van der Waals surface area (Å²) in [6.45, 7) is 0.632. The number of methoxy groups -OCH3 is 1. The molecule has 1 aliphatic heterocycles. The molecule has 22 heavy (non-hydrogen) atoms. The number of alkyl halides is 2. The summed E-state index contributed by atoms with van der Waals surface area (Å²) in [7, 11) is 1.39. The summed E-state index contributed by atoms with van der Waals surface area (Å²) >= 11 is 0. The average Bonchev–Trinajstić information content (AvgIpc) is 2.92. The van der Waals surface area contributed by atoms with Crippen molar-refractivity contribution < 1.29 is 28.3 Å². The molecule has 1 N–H and O–H groups in total. The van der Waals surface area contributed by atoms with E-state index in [1.54, 1.807) is 0 Å². The van der Waals surface area contributed by atoms with Crippen LogP contribution < -0.4 is 0 Å². The van der Waals surface area contributed by atoms with Gasteiger partial charge in [-0.3, -0.25) is 4.79 Å². The number of esters is 1. The lowest BCUT2D eigenvalue weighted by Gasteiger charge is -2.51. The van der Waals surface area contributed by atoms with E-state index in [0.29, 0.717) is 51.2 Å². The molecule has 0 saturated heterocycles. The number of carbonyl (C=O) groups is 1. The minimum Gasteiger partial charge on any atom is -0.469 e. The van der Waals surface area contributed by atoms with Gasteiger partial charge in [0.2, 0.25) is 0 Å². The molecule has 3 aliphatic carbocycles. The smallest absolute Gasteiger partial charge is 0.311 e. The summed E-state index contributed by atoms with van der Waals surface area (Å²) in [5.41, 5.74) is -0.248. The maximum Gasteiger partial charge on any atom is 0.311 e. The van der Waals surface area contributed by atoms with Crippen LogP contribution in [0.1, 0.15) is 51.9 Å². The second-order valence-electron chi connectivity index (χ2n) is 7.03. The Hall–Kier alpha value is -1.24. The highest BCUT2D eigenvalue weighted by Gasteiger charge is 2.61. The van der Waals surface area contributed by atoms with Crippen LogP contribution in [0.25, 0.3) is 0 Å². The molecule has 3 fully saturated rings. The van der Waals surface area contributed by atoms with E-state index in [0.717, 1.165) is 0 Å². The van der Waals surface area contributed by atoms with Gasteiger partial charge in [-0.15, -0.1) is 0 Å². The molecular weight excluding hydrogens is 296 g/mol. The van der Waals surface area contributed by atoms with Crippen molar-refractivity contribution >= 4 is 11.7 Å². The van der Waals surface area contributed by atoms with Crippen molar-refractivity contribution in [1.29, 1.82) is 0 Å². The summed E-state index contributed by atoms with van der Waals surface area (Å²) in [4.78, 5) is 16.7. The summed E-state index contributed by atoms with van der Waals surface area (Å²) in [6, 6.07) is 0. The molecular formula is C15H21F2NO4. The third kappa shape index (κ3) is 2.05. The molecule has 3 saturated carbocycles. The molecule has 1 atom stereocenters. The third-order valence-corrected chi connectivity index (χ3v) is 5.88. The first kappa shape index (κ1) is 15.6. The number of oxime groups is 1. The lowest BCUT2D eigenvalue weighted by Crippen LogP contribution is -2.51. The number of nitrogens with zero attached hydrogens (tertiary/aromatic N) is 1. The second-order valence-corrected chi connectivity index (χ2v) is 7.03. The van der Waals surface area contributed by atoms with Gasteiger partial charge >= 0.3 is 17.7 Å². The Morgan fingerprint density at radius 2 is 1.82 bits per heavy atom. The Morgan fingerprint density at radius 1 is 1.27 bits per heavy atom. The molecule has 0 aromatic heterocycles. The molecule has 2 bridgehead atoms. The number of ether oxygens (including phenoxy) is 1. The predicted octanol–water partition coefficient (Wildman–Crippen LogP) is 2.62. The average molecular weight is 317 g/mol. The molecule has 1 unspecified atom stereocenters. The van der Waals surface area contributed by atoms with Crippen LogP contribution in [0.4, 0.5) is 8.78 Å². The maximum absolute atomic E-state index is 13.5. The van der Waals surface area contributed by atoms with Gasteiger partial charge in [0.15, 0.2) is 0 Å². The van der Waals surface area contributed by atoms with E-state index >= 15 is 0 Å². The molecule has 5 nitrogen and oxygen atoms in total.